The smallest absolute Gasteiger partial charge is 0.252 e. The molecule has 0 aromatic heterocycles. The van der Waals surface area contributed by atoms with Gasteiger partial charge in [0, 0.05) is 31.1 Å². The van der Waals surface area contributed by atoms with Crippen LogP contribution in [-0.2, 0) is 17.8 Å². The lowest BCUT2D eigenvalue weighted by atomic mass is 9.60. The average Bonchev–Trinajstić information content (AvgIpc) is 2.88. The highest BCUT2D eigenvalue weighted by Crippen LogP contribution is 2.53. The van der Waals surface area contributed by atoms with Crippen molar-refractivity contribution >= 4 is 11.7 Å². The first-order valence-corrected chi connectivity index (χ1v) is 13.8. The Morgan fingerprint density at radius 2 is 1.83 bits per heavy atom. The first kappa shape index (κ1) is 28.6. The van der Waals surface area contributed by atoms with Gasteiger partial charge in [-0.2, -0.15) is 0 Å². The lowest BCUT2D eigenvalue weighted by molar-refractivity contribution is -0.114. The fraction of sp³-hybridized carbons (Fsp3) is 0.375. The molecule has 9 heteroatoms. The van der Waals surface area contributed by atoms with Crippen molar-refractivity contribution in [1.29, 1.82) is 0 Å². The second kappa shape index (κ2) is 10.8. The lowest BCUT2D eigenvalue weighted by Crippen LogP contribution is -2.50. The van der Waals surface area contributed by atoms with E-state index in [2.05, 4.69) is 17.5 Å². The predicted octanol–water partition coefficient (Wildman–Crippen LogP) is 3.05. The number of phenols is 1. The van der Waals surface area contributed by atoms with Gasteiger partial charge in [-0.05, 0) is 85.8 Å². The zero-order valence-electron chi connectivity index (χ0n) is 23.7. The number of aromatic hydroxyl groups is 1. The van der Waals surface area contributed by atoms with Crippen LogP contribution in [0.2, 0.25) is 0 Å². The minimum atomic E-state index is -0.836. The van der Waals surface area contributed by atoms with Gasteiger partial charge in [0.2, 0.25) is 0 Å². The number of hydrogen-bond donors (Lipinski definition) is 5. The summed E-state index contributed by atoms with van der Waals surface area (Å²) in [6, 6.07) is 10.9. The number of ketones is 1. The zero-order chi connectivity index (χ0) is 29.7. The molecular weight excluding hydrogens is 520 g/mol. The zero-order valence-corrected chi connectivity index (χ0v) is 23.7. The van der Waals surface area contributed by atoms with Gasteiger partial charge in [0.05, 0.1) is 17.2 Å². The van der Waals surface area contributed by atoms with E-state index < -0.39 is 23.7 Å². The number of aliphatic hydroxyl groups excluding tert-OH is 2. The Hall–Kier alpha value is -3.92. The molecule has 1 amide bonds. The van der Waals surface area contributed by atoms with Crippen molar-refractivity contribution in [3.63, 3.8) is 0 Å². The molecule has 0 aliphatic heterocycles. The standard InChI is InChI=1S/C32H38N4O5/c1-16-24-22(28(35(2)3)31(40)25(16)32(34)41)14-19-13-21-20(8-9-23(37)27(21)30(39)26(19)29(24)38)18-7-5-6-17(12-18)15-36(4)11-10-33/h5-9,12,19,22,24,28,37-38,40H,1,10-11,13-15,33H2,2-4H3,(H2,34,41)/t19?,22?,24?,28-/m0/s1. The molecule has 216 valence electrons. The van der Waals surface area contributed by atoms with Crippen molar-refractivity contribution in [2.45, 2.75) is 25.4 Å². The van der Waals surface area contributed by atoms with Gasteiger partial charge in [0.25, 0.3) is 5.91 Å². The average molecular weight is 559 g/mol. The van der Waals surface area contributed by atoms with Gasteiger partial charge < -0.3 is 31.7 Å². The van der Waals surface area contributed by atoms with Crippen LogP contribution in [0.3, 0.4) is 0 Å². The summed E-state index contributed by atoms with van der Waals surface area (Å²) < 4.78 is 0. The summed E-state index contributed by atoms with van der Waals surface area (Å²) in [7, 11) is 5.59. The van der Waals surface area contributed by atoms with E-state index in [1.807, 2.05) is 31.3 Å². The highest BCUT2D eigenvalue weighted by atomic mass is 16.3. The predicted molar refractivity (Wildman–Crippen MR) is 157 cm³/mol. The van der Waals surface area contributed by atoms with Crippen LogP contribution in [-0.4, -0.2) is 77.1 Å². The van der Waals surface area contributed by atoms with Gasteiger partial charge >= 0.3 is 0 Å². The summed E-state index contributed by atoms with van der Waals surface area (Å²) in [5.74, 6) is -3.19. The molecule has 2 aromatic carbocycles. The van der Waals surface area contributed by atoms with Crippen molar-refractivity contribution in [1.82, 2.24) is 9.80 Å². The van der Waals surface area contributed by atoms with E-state index >= 15 is 0 Å². The van der Waals surface area contributed by atoms with Crippen molar-refractivity contribution in [3.8, 4) is 16.9 Å². The van der Waals surface area contributed by atoms with Gasteiger partial charge in [-0.1, -0.05) is 30.8 Å². The molecule has 41 heavy (non-hydrogen) atoms. The number of carbonyl (C=O) groups is 2. The molecule has 0 bridgehead atoms. The third-order valence-electron chi connectivity index (χ3n) is 8.82. The molecule has 0 heterocycles. The first-order chi connectivity index (χ1) is 19.5. The van der Waals surface area contributed by atoms with E-state index in [0.29, 0.717) is 19.4 Å². The molecule has 4 atom stereocenters. The van der Waals surface area contributed by atoms with Crippen LogP contribution in [0.1, 0.15) is 27.9 Å². The summed E-state index contributed by atoms with van der Waals surface area (Å²) in [4.78, 5) is 30.3. The maximum atomic E-state index is 14.0. The highest BCUT2D eigenvalue weighted by Gasteiger charge is 2.52. The number of likely N-dealkylation sites (N-methyl/N-ethyl adjacent to an activating group) is 2. The molecule has 2 aromatic rings. The van der Waals surface area contributed by atoms with E-state index in [4.69, 9.17) is 11.5 Å². The third kappa shape index (κ3) is 4.73. The normalized spacial score (nSPS) is 24.0. The molecule has 0 spiro atoms. The van der Waals surface area contributed by atoms with E-state index in [0.717, 1.165) is 35.3 Å². The fourth-order valence-electron chi connectivity index (χ4n) is 7.17. The molecule has 0 saturated heterocycles. The molecule has 5 rings (SSSR count). The molecule has 3 unspecified atom stereocenters. The summed E-state index contributed by atoms with van der Waals surface area (Å²) in [6.45, 7) is 6.06. The molecule has 0 saturated carbocycles. The van der Waals surface area contributed by atoms with Gasteiger partial charge in [0.1, 0.15) is 17.3 Å². The fourth-order valence-corrected chi connectivity index (χ4v) is 7.17. The lowest BCUT2D eigenvalue weighted by Gasteiger charge is -2.47. The monoisotopic (exact) mass is 558 g/mol. The Morgan fingerprint density at radius 1 is 1.10 bits per heavy atom. The number of nitrogens with two attached hydrogens (primary N) is 2. The Morgan fingerprint density at radius 3 is 2.49 bits per heavy atom. The maximum Gasteiger partial charge on any atom is 0.252 e. The van der Waals surface area contributed by atoms with E-state index in [-0.39, 0.29) is 51.4 Å². The number of fused-ring (bicyclic) bond motifs is 3. The molecule has 7 N–H and O–H groups in total. The first-order valence-electron chi connectivity index (χ1n) is 13.8. The Labute approximate surface area is 240 Å². The number of primary amides is 1. The second-order valence-corrected chi connectivity index (χ2v) is 11.7. The van der Waals surface area contributed by atoms with Crippen LogP contribution in [0, 0.1) is 17.8 Å². The van der Waals surface area contributed by atoms with Crippen LogP contribution in [0.15, 0.2) is 71.2 Å². The summed E-state index contributed by atoms with van der Waals surface area (Å²) in [5.41, 5.74) is 15.4. The van der Waals surface area contributed by atoms with E-state index in [1.165, 1.54) is 6.07 Å². The Balaban J connectivity index is 1.61. The summed E-state index contributed by atoms with van der Waals surface area (Å²) >= 11 is 0. The SMILES string of the molecule is C=C1C(C(N)=O)=C(O)[C@@H](N(C)C)C2CC3Cc4c(-c5cccc(CN(C)CCN)c5)ccc(O)c4C(=O)C3=C(O)C12. The van der Waals surface area contributed by atoms with Crippen LogP contribution >= 0.6 is 0 Å². The van der Waals surface area contributed by atoms with Crippen molar-refractivity contribution in [2.75, 3.05) is 34.2 Å². The number of benzene rings is 2. The van der Waals surface area contributed by atoms with Gasteiger partial charge in [0.15, 0.2) is 5.78 Å². The largest absolute Gasteiger partial charge is 0.511 e. The van der Waals surface area contributed by atoms with Crippen molar-refractivity contribution in [3.05, 3.63) is 87.9 Å². The van der Waals surface area contributed by atoms with E-state index in [9.17, 15) is 24.9 Å². The number of rotatable bonds is 7. The number of nitrogens with zero attached hydrogens (tertiary/aromatic N) is 2. The van der Waals surface area contributed by atoms with Gasteiger partial charge in [-0.15, -0.1) is 0 Å². The summed E-state index contributed by atoms with van der Waals surface area (Å²) in [6.07, 6.45) is 0.886. The maximum absolute atomic E-state index is 14.0. The number of hydrogen-bond acceptors (Lipinski definition) is 8. The van der Waals surface area contributed by atoms with Crippen LogP contribution < -0.4 is 11.5 Å². The van der Waals surface area contributed by atoms with Crippen LogP contribution in [0.4, 0.5) is 0 Å². The Kier molecular flexibility index (Phi) is 7.54. The van der Waals surface area contributed by atoms with Crippen molar-refractivity contribution < 1.29 is 24.9 Å². The number of Topliss-reactive ketones (excluding diaryl/α,β-unsaturated/α-hetero) is 1. The molecular formula is C32H38N4O5. The number of allylic oxidation sites excluding steroid dienone is 2. The molecule has 3 aliphatic rings. The van der Waals surface area contributed by atoms with E-state index in [1.54, 1.807) is 19.0 Å². The summed E-state index contributed by atoms with van der Waals surface area (Å²) in [5, 5.41) is 33.6. The van der Waals surface area contributed by atoms with Gasteiger partial charge in [-0.3, -0.25) is 14.5 Å². The van der Waals surface area contributed by atoms with Crippen LogP contribution in [0.25, 0.3) is 11.1 Å². The topological polar surface area (TPSA) is 153 Å². The molecule has 0 fully saturated rings. The third-order valence-corrected chi connectivity index (χ3v) is 8.82. The quantitative estimate of drug-likeness (QED) is 0.348. The highest BCUT2D eigenvalue weighted by molar-refractivity contribution is 6.14. The number of carbonyl (C=O) groups excluding carboxylic acids is 2. The van der Waals surface area contributed by atoms with Crippen LogP contribution in [0.5, 0.6) is 5.75 Å². The minimum Gasteiger partial charge on any atom is -0.511 e. The molecule has 3 aliphatic carbocycles. The minimum absolute atomic E-state index is 0.110. The second-order valence-electron chi connectivity index (χ2n) is 11.7. The van der Waals surface area contributed by atoms with Crippen molar-refractivity contribution in [2.24, 2.45) is 29.2 Å². The number of phenolic OH excluding ortho intramolecular Hbond substituents is 1. The Bertz CT molecular complexity index is 1510. The number of amides is 1. The number of aliphatic hydroxyl groups is 2. The molecule has 9 nitrogen and oxygen atoms in total. The van der Waals surface area contributed by atoms with Gasteiger partial charge in [-0.25, -0.2) is 0 Å². The molecule has 0 radical (unpaired) electrons.